The molecule has 7 nitrogen and oxygen atoms in total. The lowest BCUT2D eigenvalue weighted by Crippen LogP contribution is -2.59. The van der Waals surface area contributed by atoms with Gasteiger partial charge in [0.05, 0.1) is 18.8 Å². The van der Waals surface area contributed by atoms with Gasteiger partial charge >= 0.3 is 0 Å². The highest BCUT2D eigenvalue weighted by atomic mass is 32.2. The Morgan fingerprint density at radius 2 is 1.96 bits per heavy atom. The summed E-state index contributed by atoms with van der Waals surface area (Å²) < 4.78 is 47.8. The Kier molecular flexibility index (Phi) is 5.20. The molecular weight excluding hydrogens is 383 g/mol. The van der Waals surface area contributed by atoms with Gasteiger partial charge in [-0.1, -0.05) is 10.9 Å². The van der Waals surface area contributed by atoms with Crippen molar-refractivity contribution in [3.63, 3.8) is 0 Å². The van der Waals surface area contributed by atoms with E-state index >= 15 is 0 Å². The summed E-state index contributed by atoms with van der Waals surface area (Å²) in [5, 5.41) is 2.53. The average molecular weight is 401 g/mol. The summed E-state index contributed by atoms with van der Waals surface area (Å²) >= 11 is 0. The number of hydrogen-bond acceptors (Lipinski definition) is 4. The summed E-state index contributed by atoms with van der Waals surface area (Å²) in [7, 11) is 9.30. The second kappa shape index (κ2) is 7.06. The number of ether oxygens (including phenoxy) is 1. The van der Waals surface area contributed by atoms with Crippen molar-refractivity contribution >= 4 is 48.2 Å². The minimum Gasteiger partial charge on any atom is -0.377 e. The number of amides is 1. The van der Waals surface area contributed by atoms with Crippen molar-refractivity contribution < 1.29 is 22.3 Å². The zero-order chi connectivity index (χ0) is 20.9. The van der Waals surface area contributed by atoms with Crippen molar-refractivity contribution in [2.75, 3.05) is 18.5 Å². The van der Waals surface area contributed by atoms with Crippen LogP contribution < -0.4 is 21.0 Å². The quantitative estimate of drug-likeness (QED) is 0.654. The van der Waals surface area contributed by atoms with E-state index in [0.29, 0.717) is 0 Å². The van der Waals surface area contributed by atoms with Gasteiger partial charge in [0.1, 0.15) is 32.1 Å². The molecule has 4 radical (unpaired) electrons. The molecule has 144 valence electrons. The normalized spacial score (nSPS) is 15.9. The van der Waals surface area contributed by atoms with Crippen LogP contribution >= 0.6 is 0 Å². The molecule has 28 heavy (non-hydrogen) atoms. The lowest BCUT2D eigenvalue weighted by Gasteiger charge is -2.38. The molecule has 2 aromatic rings. The van der Waals surface area contributed by atoms with Crippen LogP contribution in [0.2, 0.25) is 0 Å². The molecule has 0 unspecified atom stereocenters. The van der Waals surface area contributed by atoms with Crippen molar-refractivity contribution in [2.24, 2.45) is 7.05 Å². The maximum atomic E-state index is 13.7. The smallest absolute Gasteiger partial charge is 0.272 e. The number of nitrogens with zero attached hydrogens (tertiary/aromatic N) is 1. The number of aromatic nitrogens is 1. The number of halogens is 1. The number of benzene rings is 1. The van der Waals surface area contributed by atoms with Gasteiger partial charge < -0.3 is 14.6 Å². The molecule has 2 N–H and O–H groups in total. The van der Waals surface area contributed by atoms with Gasteiger partial charge in [0.25, 0.3) is 5.91 Å². The Morgan fingerprint density at radius 3 is 2.54 bits per heavy atom. The Labute approximate surface area is 165 Å². The summed E-state index contributed by atoms with van der Waals surface area (Å²) in [5.41, 5.74) is -0.406. The first-order valence-corrected chi connectivity index (χ1v) is 9.85. The van der Waals surface area contributed by atoms with Crippen LogP contribution in [0.15, 0.2) is 23.2 Å². The van der Waals surface area contributed by atoms with Gasteiger partial charge in [0, 0.05) is 18.9 Å². The van der Waals surface area contributed by atoms with Gasteiger partial charge in [-0.3, -0.25) is 4.79 Å². The van der Waals surface area contributed by atoms with Gasteiger partial charge in [-0.2, -0.15) is 0 Å². The van der Waals surface area contributed by atoms with E-state index < -0.39 is 27.3 Å². The van der Waals surface area contributed by atoms with E-state index in [2.05, 4.69) is 10.0 Å². The first kappa shape index (κ1) is 20.6. The number of carbonyl (C=O) groups excluding carboxylic acids is 1. The number of sulfonamides is 1. The number of hydrogen-bond donors (Lipinski definition) is 2. The Bertz CT molecular complexity index is 1060. The molecule has 11 heteroatoms. The number of rotatable bonds is 5. The van der Waals surface area contributed by atoms with E-state index in [1.165, 1.54) is 30.8 Å². The van der Waals surface area contributed by atoms with Crippen molar-refractivity contribution in [3.8, 4) is 0 Å². The van der Waals surface area contributed by atoms with Crippen LogP contribution in [0.5, 0.6) is 0 Å². The maximum Gasteiger partial charge on any atom is 0.272 e. The molecule has 1 amide bonds. The van der Waals surface area contributed by atoms with Crippen LogP contribution in [0.4, 0.5) is 10.1 Å². The van der Waals surface area contributed by atoms with E-state index in [9.17, 15) is 17.6 Å². The second-order valence-electron chi connectivity index (χ2n) is 7.15. The highest BCUT2D eigenvalue weighted by molar-refractivity contribution is 7.89. The molecule has 3 rings (SSSR count). The maximum absolute atomic E-state index is 13.7. The fourth-order valence-electron chi connectivity index (χ4n) is 2.86. The third-order valence-electron chi connectivity index (χ3n) is 4.59. The van der Waals surface area contributed by atoms with Crippen LogP contribution in [0.3, 0.4) is 0 Å². The Morgan fingerprint density at radius 1 is 1.32 bits per heavy atom. The predicted octanol–water partition coefficient (Wildman–Crippen LogP) is -0.620. The molecule has 1 fully saturated rings. The van der Waals surface area contributed by atoms with Gasteiger partial charge in [0.15, 0.2) is 0 Å². The predicted molar refractivity (Wildman–Crippen MR) is 105 cm³/mol. The van der Waals surface area contributed by atoms with Crippen molar-refractivity contribution in [2.45, 2.75) is 24.3 Å². The van der Waals surface area contributed by atoms with Crippen molar-refractivity contribution in [3.05, 3.63) is 35.4 Å². The van der Waals surface area contributed by atoms with E-state index in [1.807, 2.05) is 0 Å². The topological polar surface area (TPSA) is 89.4 Å². The molecular formula is C17H18B2FN3O4S. The summed E-state index contributed by atoms with van der Waals surface area (Å²) in [5.74, 6) is -1.22. The standard InChI is InChI=1S/C17H18B2FN3O4S/c1-9-12(20)5-11(18)15(14(9)19)21-16(24)13-4-10(6-23(13)3)28(25,26)22-17(2)7-27-8-17/h4-6,22H,7-8H2,1-3H3,(H,21,24). The molecule has 2 heterocycles. The number of carbonyl (C=O) groups is 1. The molecule has 1 saturated heterocycles. The molecule has 0 aliphatic carbocycles. The summed E-state index contributed by atoms with van der Waals surface area (Å²) in [6.45, 7) is 3.74. The first-order valence-electron chi connectivity index (χ1n) is 8.37. The molecule has 1 aliphatic rings. The molecule has 0 atom stereocenters. The second-order valence-corrected chi connectivity index (χ2v) is 8.83. The van der Waals surface area contributed by atoms with Crippen LogP contribution in [-0.4, -0.2) is 53.3 Å². The highest BCUT2D eigenvalue weighted by Crippen LogP contribution is 2.21. The van der Waals surface area contributed by atoms with Crippen molar-refractivity contribution in [1.82, 2.24) is 9.29 Å². The van der Waals surface area contributed by atoms with E-state index in [-0.39, 0.29) is 46.0 Å². The van der Waals surface area contributed by atoms with E-state index in [1.54, 1.807) is 6.92 Å². The van der Waals surface area contributed by atoms with Gasteiger partial charge in [0.2, 0.25) is 10.0 Å². The monoisotopic (exact) mass is 401 g/mol. The summed E-state index contributed by atoms with van der Waals surface area (Å²) in [4.78, 5) is 12.6. The van der Waals surface area contributed by atoms with Crippen LogP contribution in [0.1, 0.15) is 23.0 Å². The first-order chi connectivity index (χ1) is 12.9. The van der Waals surface area contributed by atoms with Gasteiger partial charge in [-0.05, 0) is 31.5 Å². The fourth-order valence-corrected chi connectivity index (χ4v) is 4.31. The largest absolute Gasteiger partial charge is 0.377 e. The number of aryl methyl sites for hydroxylation is 1. The lowest BCUT2D eigenvalue weighted by molar-refractivity contribution is -0.0523. The van der Waals surface area contributed by atoms with Crippen molar-refractivity contribution in [1.29, 1.82) is 0 Å². The molecule has 0 bridgehead atoms. The van der Waals surface area contributed by atoms with Crippen LogP contribution in [0.25, 0.3) is 0 Å². The Balaban J connectivity index is 1.87. The molecule has 1 aromatic heterocycles. The lowest BCUT2D eigenvalue weighted by atomic mass is 9.81. The minimum atomic E-state index is -3.85. The Hall–Kier alpha value is -2.10. The SMILES string of the molecule is [B]c1cc(F)c(C)c([B])c1NC(=O)c1cc(S(=O)(=O)NC2(C)COC2)cn1C. The fraction of sp³-hybridized carbons (Fsp3) is 0.353. The highest BCUT2D eigenvalue weighted by Gasteiger charge is 2.38. The third kappa shape index (κ3) is 3.74. The average Bonchev–Trinajstić information content (AvgIpc) is 2.98. The molecule has 0 spiro atoms. The van der Waals surface area contributed by atoms with Gasteiger partial charge in [-0.15, -0.1) is 0 Å². The number of anilines is 1. The summed E-state index contributed by atoms with van der Waals surface area (Å²) in [6.07, 6.45) is 1.32. The van der Waals surface area contributed by atoms with E-state index in [4.69, 9.17) is 20.4 Å². The molecule has 1 aliphatic heterocycles. The molecule has 1 aromatic carbocycles. The van der Waals surface area contributed by atoms with Crippen LogP contribution in [-0.2, 0) is 21.8 Å². The van der Waals surface area contributed by atoms with Gasteiger partial charge in [-0.25, -0.2) is 17.5 Å². The summed E-state index contributed by atoms with van der Waals surface area (Å²) in [6, 6.07) is 2.30. The zero-order valence-corrected chi connectivity index (χ0v) is 16.5. The zero-order valence-electron chi connectivity index (χ0n) is 15.7. The number of nitrogens with one attached hydrogen (secondary N) is 2. The third-order valence-corrected chi connectivity index (χ3v) is 6.19. The van der Waals surface area contributed by atoms with Crippen LogP contribution in [0, 0.1) is 12.7 Å². The molecule has 0 saturated carbocycles. The minimum absolute atomic E-state index is 0.00693. The van der Waals surface area contributed by atoms with E-state index in [0.717, 1.165) is 6.07 Å².